The van der Waals surface area contributed by atoms with E-state index < -0.39 is 21.9 Å². The van der Waals surface area contributed by atoms with Crippen LogP contribution >= 0.6 is 11.6 Å². The molecule has 0 aliphatic carbocycles. The van der Waals surface area contributed by atoms with E-state index in [4.69, 9.17) is 21.1 Å². The van der Waals surface area contributed by atoms with E-state index in [0.717, 1.165) is 5.56 Å². The van der Waals surface area contributed by atoms with Crippen molar-refractivity contribution in [2.24, 2.45) is 5.92 Å². The Morgan fingerprint density at radius 1 is 1.09 bits per heavy atom. The Kier molecular flexibility index (Phi) is 10.4. The third-order valence-electron chi connectivity index (χ3n) is 8.38. The maximum absolute atomic E-state index is 14.6. The maximum Gasteiger partial charge on any atom is 0.309 e. The molecule has 0 bridgehead atoms. The number of aryl methyl sites for hydroxylation is 1. The standard InChI is InChI=1S/C35H38ClFN2O6S/c1-4-44-35(41)26-15-17-38(18-16-26)33(40)14-12-27-22-39(46(42,43)28-8-5-7-23(2)19-28)31-21-25(11-13-32(31)45-27)20-24(3)34-29(36)9-6-10-30(34)37/h5-11,13,19-21,26-27H,4,12,14-18,22H2,1-3H3/b24-20+/t27-/m0/s1. The Bertz CT molecular complexity index is 1730. The molecule has 1 atom stereocenters. The van der Waals surface area contributed by atoms with E-state index in [2.05, 4.69) is 0 Å². The van der Waals surface area contributed by atoms with Gasteiger partial charge in [-0.25, -0.2) is 12.8 Å². The van der Waals surface area contributed by atoms with Gasteiger partial charge in [-0.15, -0.1) is 0 Å². The van der Waals surface area contributed by atoms with Gasteiger partial charge >= 0.3 is 5.97 Å². The van der Waals surface area contributed by atoms with Crippen molar-refractivity contribution in [3.8, 4) is 5.75 Å². The quantitative estimate of drug-likeness (QED) is 0.182. The van der Waals surface area contributed by atoms with Crippen LogP contribution in [0.1, 0.15) is 56.2 Å². The minimum absolute atomic E-state index is 0.00673. The van der Waals surface area contributed by atoms with Gasteiger partial charge < -0.3 is 14.4 Å². The average molecular weight is 669 g/mol. The number of likely N-dealkylation sites (tertiary alicyclic amines) is 1. The molecule has 0 radical (unpaired) electrons. The molecule has 3 aromatic rings. The molecule has 2 aliphatic heterocycles. The number of halogens is 2. The zero-order chi connectivity index (χ0) is 33.0. The van der Waals surface area contributed by atoms with Gasteiger partial charge in [-0.1, -0.05) is 41.9 Å². The van der Waals surface area contributed by atoms with Gasteiger partial charge in [-0.3, -0.25) is 13.9 Å². The van der Waals surface area contributed by atoms with Gasteiger partial charge in [0.05, 0.1) is 34.7 Å². The number of ether oxygens (including phenoxy) is 2. The number of carbonyl (C=O) groups excluding carboxylic acids is 2. The molecule has 1 saturated heterocycles. The van der Waals surface area contributed by atoms with Crippen LogP contribution in [-0.2, 0) is 24.3 Å². The average Bonchev–Trinajstić information content (AvgIpc) is 3.03. The lowest BCUT2D eigenvalue weighted by Gasteiger charge is -2.36. The number of anilines is 1. The number of carbonyl (C=O) groups is 2. The lowest BCUT2D eigenvalue weighted by Crippen LogP contribution is -2.45. The molecule has 2 aliphatic rings. The molecular formula is C35H38ClFN2O6S. The third-order valence-corrected chi connectivity index (χ3v) is 10.5. The van der Waals surface area contributed by atoms with Gasteiger partial charge in [0.1, 0.15) is 17.7 Å². The van der Waals surface area contributed by atoms with Crippen LogP contribution in [0.3, 0.4) is 0 Å². The van der Waals surface area contributed by atoms with Crippen LogP contribution in [0.15, 0.2) is 65.6 Å². The number of fused-ring (bicyclic) bond motifs is 1. The van der Waals surface area contributed by atoms with Gasteiger partial charge in [-0.2, -0.15) is 0 Å². The van der Waals surface area contributed by atoms with Gasteiger partial charge in [0, 0.05) is 25.1 Å². The molecule has 5 rings (SSSR count). The maximum atomic E-state index is 14.6. The van der Waals surface area contributed by atoms with Crippen molar-refractivity contribution in [3.05, 3.63) is 88.2 Å². The normalized spacial score (nSPS) is 17.3. The summed E-state index contributed by atoms with van der Waals surface area (Å²) in [4.78, 5) is 27.1. The summed E-state index contributed by atoms with van der Waals surface area (Å²) in [5, 5.41) is 0.277. The summed E-state index contributed by atoms with van der Waals surface area (Å²) in [6, 6.07) is 16.4. The first-order valence-corrected chi connectivity index (χ1v) is 17.3. The molecule has 11 heteroatoms. The number of sulfonamides is 1. The number of rotatable bonds is 9. The summed E-state index contributed by atoms with van der Waals surface area (Å²) >= 11 is 6.28. The molecule has 0 N–H and O–H groups in total. The number of benzene rings is 3. The van der Waals surface area contributed by atoms with Crippen LogP contribution in [-0.4, -0.2) is 57.5 Å². The smallest absolute Gasteiger partial charge is 0.309 e. The van der Waals surface area contributed by atoms with Crippen molar-refractivity contribution in [2.45, 2.75) is 57.5 Å². The van der Waals surface area contributed by atoms with E-state index in [1.807, 2.05) is 13.0 Å². The Morgan fingerprint density at radius 3 is 2.52 bits per heavy atom. The van der Waals surface area contributed by atoms with Crippen molar-refractivity contribution in [3.63, 3.8) is 0 Å². The largest absolute Gasteiger partial charge is 0.486 e. The van der Waals surface area contributed by atoms with E-state index in [-0.39, 0.29) is 46.2 Å². The number of piperidine rings is 1. The van der Waals surface area contributed by atoms with Crippen LogP contribution in [0.25, 0.3) is 11.6 Å². The summed E-state index contributed by atoms with van der Waals surface area (Å²) in [6.07, 6.45) is 2.76. The highest BCUT2D eigenvalue weighted by atomic mass is 35.5. The number of allylic oxidation sites excluding steroid dienone is 1. The van der Waals surface area contributed by atoms with Crippen LogP contribution in [0.5, 0.6) is 5.75 Å². The molecule has 0 spiro atoms. The molecule has 46 heavy (non-hydrogen) atoms. The predicted octanol–water partition coefficient (Wildman–Crippen LogP) is 6.89. The van der Waals surface area contributed by atoms with Crippen molar-refractivity contribution >= 4 is 50.8 Å². The molecule has 0 aromatic heterocycles. The highest BCUT2D eigenvalue weighted by molar-refractivity contribution is 7.92. The van der Waals surface area contributed by atoms with Crippen LogP contribution in [0.4, 0.5) is 10.1 Å². The minimum atomic E-state index is -4.01. The van der Waals surface area contributed by atoms with E-state index >= 15 is 0 Å². The van der Waals surface area contributed by atoms with Gasteiger partial charge in [-0.05, 0) is 93.1 Å². The fraction of sp³-hybridized carbons (Fsp3) is 0.371. The molecule has 1 amide bonds. The predicted molar refractivity (Wildman–Crippen MR) is 177 cm³/mol. The Hall–Kier alpha value is -3.89. The molecule has 8 nitrogen and oxygen atoms in total. The zero-order valence-electron chi connectivity index (χ0n) is 26.2. The molecule has 3 aromatic carbocycles. The molecule has 2 heterocycles. The summed E-state index contributed by atoms with van der Waals surface area (Å²) in [5.74, 6) is -0.563. The summed E-state index contributed by atoms with van der Waals surface area (Å²) in [5.41, 5.74) is 2.65. The Balaban J connectivity index is 1.38. The van der Waals surface area contributed by atoms with E-state index in [1.54, 1.807) is 67.3 Å². The first kappa shape index (κ1) is 33.5. The van der Waals surface area contributed by atoms with Crippen molar-refractivity contribution in [1.82, 2.24) is 4.90 Å². The summed E-state index contributed by atoms with van der Waals surface area (Å²) in [6.45, 7) is 6.63. The Labute approximate surface area is 274 Å². The molecule has 0 saturated carbocycles. The van der Waals surface area contributed by atoms with Crippen molar-refractivity contribution < 1.29 is 31.9 Å². The lowest BCUT2D eigenvalue weighted by molar-refractivity contribution is -0.151. The van der Waals surface area contributed by atoms with Crippen LogP contribution < -0.4 is 9.04 Å². The second kappa shape index (κ2) is 14.3. The number of esters is 1. The molecule has 244 valence electrons. The van der Waals surface area contributed by atoms with Gasteiger partial charge in [0.2, 0.25) is 5.91 Å². The van der Waals surface area contributed by atoms with Crippen molar-refractivity contribution in [2.75, 3.05) is 30.5 Å². The van der Waals surface area contributed by atoms with E-state index in [9.17, 15) is 22.4 Å². The highest BCUT2D eigenvalue weighted by Gasteiger charge is 2.36. The second-order valence-corrected chi connectivity index (χ2v) is 14.0. The number of hydrogen-bond acceptors (Lipinski definition) is 6. The summed E-state index contributed by atoms with van der Waals surface area (Å²) < 4.78 is 55.5. The molecule has 0 unspecified atom stereocenters. The first-order chi connectivity index (χ1) is 22.0. The van der Waals surface area contributed by atoms with Gasteiger partial charge in [0.15, 0.2) is 0 Å². The molecular weight excluding hydrogens is 631 g/mol. The molecule has 1 fully saturated rings. The highest BCUT2D eigenvalue weighted by Crippen LogP contribution is 2.40. The first-order valence-electron chi connectivity index (χ1n) is 15.4. The minimum Gasteiger partial charge on any atom is -0.486 e. The van der Waals surface area contributed by atoms with Crippen LogP contribution in [0.2, 0.25) is 5.02 Å². The lowest BCUT2D eigenvalue weighted by atomic mass is 9.96. The third kappa shape index (κ3) is 7.39. The van der Waals surface area contributed by atoms with Crippen LogP contribution in [0, 0.1) is 18.7 Å². The SMILES string of the molecule is CCOC(=O)C1CCN(C(=O)CC[C@H]2CN(S(=O)(=O)c3cccc(C)c3)c3cc(/C=C(\C)c4c(F)cccc4Cl)ccc3O2)CC1. The second-order valence-electron chi connectivity index (χ2n) is 11.7. The van der Waals surface area contributed by atoms with Gasteiger partial charge in [0.25, 0.3) is 10.0 Å². The topological polar surface area (TPSA) is 93.2 Å². The number of amides is 1. The van der Waals surface area contributed by atoms with Crippen molar-refractivity contribution in [1.29, 1.82) is 0 Å². The zero-order valence-corrected chi connectivity index (χ0v) is 27.7. The summed E-state index contributed by atoms with van der Waals surface area (Å²) in [7, 11) is -4.01. The Morgan fingerprint density at radius 2 is 1.83 bits per heavy atom. The van der Waals surface area contributed by atoms with E-state index in [0.29, 0.717) is 61.5 Å². The fourth-order valence-corrected chi connectivity index (χ4v) is 7.88. The number of nitrogens with zero attached hydrogens (tertiary/aromatic N) is 2. The fourth-order valence-electron chi connectivity index (χ4n) is 5.96. The van der Waals surface area contributed by atoms with E-state index in [1.165, 1.54) is 16.4 Å². The number of hydrogen-bond donors (Lipinski definition) is 0. The monoisotopic (exact) mass is 668 g/mol.